The summed E-state index contributed by atoms with van der Waals surface area (Å²) in [6.07, 6.45) is 0. The summed E-state index contributed by atoms with van der Waals surface area (Å²) in [6, 6.07) is 13.2. The standard InChI is InChI=1S/C23H18F4N2O3S/c1-12(22(30)29-21-19(26)17(24)11-18(25)20(21)27)33-16-8-6-14(7-9-16)28-23(31)13-4-3-5-15(10-13)32-2/h3-12H,1-2H3,(H,28,31)(H,29,30). The van der Waals surface area contributed by atoms with Gasteiger partial charge < -0.3 is 15.4 Å². The van der Waals surface area contributed by atoms with Gasteiger partial charge in [-0.1, -0.05) is 6.07 Å². The Balaban J connectivity index is 1.62. The molecule has 1 atom stereocenters. The highest BCUT2D eigenvalue weighted by molar-refractivity contribution is 8.00. The van der Waals surface area contributed by atoms with Gasteiger partial charge in [-0.15, -0.1) is 11.8 Å². The van der Waals surface area contributed by atoms with Crippen molar-refractivity contribution in [2.24, 2.45) is 0 Å². The maximum atomic E-state index is 13.8. The number of benzene rings is 3. The lowest BCUT2D eigenvalue weighted by Crippen LogP contribution is -2.24. The SMILES string of the molecule is COc1cccc(C(=O)Nc2ccc(SC(C)C(=O)Nc3c(F)c(F)cc(F)c3F)cc2)c1. The molecule has 0 saturated carbocycles. The monoisotopic (exact) mass is 478 g/mol. The minimum absolute atomic E-state index is 0.0626. The van der Waals surface area contributed by atoms with Crippen molar-refractivity contribution in [1.82, 2.24) is 0 Å². The Morgan fingerprint density at radius 1 is 0.909 bits per heavy atom. The van der Waals surface area contributed by atoms with Crippen LogP contribution >= 0.6 is 11.8 Å². The number of methoxy groups -OCH3 is 1. The minimum Gasteiger partial charge on any atom is -0.497 e. The van der Waals surface area contributed by atoms with Gasteiger partial charge in [-0.3, -0.25) is 9.59 Å². The molecule has 172 valence electrons. The van der Waals surface area contributed by atoms with E-state index < -0.39 is 40.1 Å². The molecule has 0 fully saturated rings. The first-order valence-electron chi connectivity index (χ1n) is 9.55. The van der Waals surface area contributed by atoms with Crippen LogP contribution in [0, 0.1) is 23.3 Å². The fourth-order valence-electron chi connectivity index (χ4n) is 2.75. The third-order valence-corrected chi connectivity index (χ3v) is 5.60. The van der Waals surface area contributed by atoms with E-state index in [1.165, 1.54) is 14.0 Å². The fourth-order valence-corrected chi connectivity index (χ4v) is 3.62. The maximum Gasteiger partial charge on any atom is 0.255 e. The largest absolute Gasteiger partial charge is 0.497 e. The smallest absolute Gasteiger partial charge is 0.255 e. The normalized spacial score (nSPS) is 11.6. The van der Waals surface area contributed by atoms with Crippen LogP contribution in [0.2, 0.25) is 0 Å². The van der Waals surface area contributed by atoms with Crippen LogP contribution in [-0.4, -0.2) is 24.2 Å². The van der Waals surface area contributed by atoms with Gasteiger partial charge in [0.2, 0.25) is 5.91 Å². The predicted molar refractivity (Wildman–Crippen MR) is 118 cm³/mol. The number of rotatable bonds is 7. The third-order valence-electron chi connectivity index (χ3n) is 4.49. The quantitative estimate of drug-likeness (QED) is 0.263. The zero-order valence-corrected chi connectivity index (χ0v) is 18.2. The first-order chi connectivity index (χ1) is 15.7. The molecule has 0 heterocycles. The highest BCUT2D eigenvalue weighted by Crippen LogP contribution is 2.28. The van der Waals surface area contributed by atoms with Gasteiger partial charge in [-0.25, -0.2) is 17.6 Å². The Bertz CT molecular complexity index is 1160. The Labute approximate surface area is 191 Å². The Hall–Kier alpha value is -3.53. The summed E-state index contributed by atoms with van der Waals surface area (Å²) in [6.45, 7) is 1.46. The maximum absolute atomic E-state index is 13.8. The summed E-state index contributed by atoms with van der Waals surface area (Å²) in [4.78, 5) is 25.3. The van der Waals surface area contributed by atoms with E-state index >= 15 is 0 Å². The number of hydrogen-bond donors (Lipinski definition) is 2. The summed E-state index contributed by atoms with van der Waals surface area (Å²) in [7, 11) is 1.50. The number of nitrogens with one attached hydrogen (secondary N) is 2. The molecular formula is C23H18F4N2O3S. The van der Waals surface area contributed by atoms with Crippen LogP contribution in [0.25, 0.3) is 0 Å². The van der Waals surface area contributed by atoms with Crippen molar-refractivity contribution in [3.8, 4) is 5.75 Å². The van der Waals surface area contributed by atoms with Crippen LogP contribution in [0.5, 0.6) is 5.75 Å². The number of thioether (sulfide) groups is 1. The second kappa shape index (κ2) is 10.4. The van der Waals surface area contributed by atoms with Crippen LogP contribution in [0.4, 0.5) is 28.9 Å². The first kappa shape index (κ1) is 24.1. The molecule has 1 unspecified atom stereocenters. The molecule has 0 bridgehead atoms. The molecule has 3 aromatic carbocycles. The molecule has 5 nitrogen and oxygen atoms in total. The summed E-state index contributed by atoms with van der Waals surface area (Å²) in [5.41, 5.74) is -0.268. The zero-order chi connectivity index (χ0) is 24.1. The Morgan fingerprint density at radius 2 is 1.55 bits per heavy atom. The number of hydrogen-bond acceptors (Lipinski definition) is 4. The van der Waals surface area contributed by atoms with Crippen LogP contribution in [0.15, 0.2) is 59.5 Å². The van der Waals surface area contributed by atoms with Gasteiger partial charge in [0.1, 0.15) is 11.4 Å². The Morgan fingerprint density at radius 3 is 2.15 bits per heavy atom. The topological polar surface area (TPSA) is 67.4 Å². The number of carbonyl (C=O) groups is 2. The molecule has 0 aliphatic rings. The molecule has 2 amide bonds. The van der Waals surface area contributed by atoms with Gasteiger partial charge in [-0.2, -0.15) is 0 Å². The average molecular weight is 478 g/mol. The van der Waals surface area contributed by atoms with Crippen molar-refractivity contribution < 1.29 is 31.9 Å². The lowest BCUT2D eigenvalue weighted by molar-refractivity contribution is -0.115. The van der Waals surface area contributed by atoms with Crippen molar-refractivity contribution >= 4 is 35.0 Å². The average Bonchev–Trinajstić information content (AvgIpc) is 2.81. The highest BCUT2D eigenvalue weighted by atomic mass is 32.2. The zero-order valence-electron chi connectivity index (χ0n) is 17.4. The van der Waals surface area contributed by atoms with Crippen molar-refractivity contribution in [3.63, 3.8) is 0 Å². The second-order valence-corrected chi connectivity index (χ2v) is 8.22. The van der Waals surface area contributed by atoms with E-state index in [2.05, 4.69) is 5.32 Å². The van der Waals surface area contributed by atoms with E-state index in [-0.39, 0.29) is 12.0 Å². The van der Waals surface area contributed by atoms with E-state index in [9.17, 15) is 27.2 Å². The molecule has 0 aliphatic heterocycles. The minimum atomic E-state index is -1.68. The van der Waals surface area contributed by atoms with E-state index in [1.54, 1.807) is 48.5 Å². The van der Waals surface area contributed by atoms with Crippen LogP contribution in [-0.2, 0) is 4.79 Å². The molecule has 33 heavy (non-hydrogen) atoms. The Kier molecular flexibility index (Phi) is 7.59. The van der Waals surface area contributed by atoms with Gasteiger partial charge in [0.15, 0.2) is 23.3 Å². The molecule has 0 saturated heterocycles. The van der Waals surface area contributed by atoms with Gasteiger partial charge in [0, 0.05) is 22.2 Å². The fraction of sp³-hybridized carbons (Fsp3) is 0.130. The number of anilines is 2. The molecule has 0 aliphatic carbocycles. The highest BCUT2D eigenvalue weighted by Gasteiger charge is 2.23. The summed E-state index contributed by atoms with van der Waals surface area (Å²) in [5, 5.41) is 3.76. The van der Waals surface area contributed by atoms with Crippen molar-refractivity contribution in [2.75, 3.05) is 17.7 Å². The molecule has 2 N–H and O–H groups in total. The van der Waals surface area contributed by atoms with E-state index in [0.29, 0.717) is 21.9 Å². The lowest BCUT2D eigenvalue weighted by atomic mass is 10.2. The number of amides is 2. The van der Waals surface area contributed by atoms with Gasteiger partial charge in [-0.05, 0) is 49.4 Å². The summed E-state index contributed by atoms with van der Waals surface area (Å²) >= 11 is 1.05. The van der Waals surface area contributed by atoms with E-state index in [0.717, 1.165) is 11.8 Å². The lowest BCUT2D eigenvalue weighted by Gasteiger charge is -2.14. The predicted octanol–water partition coefficient (Wildman–Crippen LogP) is 5.62. The van der Waals surface area contributed by atoms with Gasteiger partial charge >= 0.3 is 0 Å². The van der Waals surface area contributed by atoms with Crippen LogP contribution < -0.4 is 15.4 Å². The molecule has 3 rings (SSSR count). The van der Waals surface area contributed by atoms with Crippen molar-refractivity contribution in [3.05, 3.63) is 83.4 Å². The second-order valence-electron chi connectivity index (χ2n) is 6.80. The first-order valence-corrected chi connectivity index (χ1v) is 10.4. The van der Waals surface area contributed by atoms with E-state index in [4.69, 9.17) is 4.74 Å². The molecule has 0 spiro atoms. The van der Waals surface area contributed by atoms with Crippen LogP contribution in [0.3, 0.4) is 0 Å². The number of ether oxygens (including phenoxy) is 1. The molecule has 0 aromatic heterocycles. The molecular weight excluding hydrogens is 460 g/mol. The molecule has 3 aromatic rings. The van der Waals surface area contributed by atoms with Crippen LogP contribution in [0.1, 0.15) is 17.3 Å². The molecule has 0 radical (unpaired) electrons. The van der Waals surface area contributed by atoms with Crippen molar-refractivity contribution in [2.45, 2.75) is 17.1 Å². The third kappa shape index (κ3) is 5.83. The number of halogens is 4. The van der Waals surface area contributed by atoms with Gasteiger partial charge in [0.05, 0.1) is 12.4 Å². The molecule has 10 heteroatoms. The van der Waals surface area contributed by atoms with E-state index in [1.807, 2.05) is 5.32 Å². The van der Waals surface area contributed by atoms with Gasteiger partial charge in [0.25, 0.3) is 5.91 Å². The number of carbonyl (C=O) groups excluding carboxylic acids is 2. The van der Waals surface area contributed by atoms with Crippen molar-refractivity contribution in [1.29, 1.82) is 0 Å². The summed E-state index contributed by atoms with van der Waals surface area (Å²) in [5.74, 6) is -7.24. The summed E-state index contributed by atoms with van der Waals surface area (Å²) < 4.78 is 59.3.